The highest BCUT2D eigenvalue weighted by atomic mass is 16.2. The van der Waals surface area contributed by atoms with Crippen LogP contribution in [-0.2, 0) is 0 Å². The number of rotatable bonds is 5. The van der Waals surface area contributed by atoms with Gasteiger partial charge in [0.15, 0.2) is 0 Å². The van der Waals surface area contributed by atoms with Crippen molar-refractivity contribution < 1.29 is 9.59 Å². The molecule has 186 valence electrons. The van der Waals surface area contributed by atoms with Crippen LogP contribution < -0.4 is 10.6 Å². The molecule has 6 heteroatoms. The molecule has 37 heavy (non-hydrogen) atoms. The second-order valence-electron chi connectivity index (χ2n) is 11.4. The molecule has 0 unspecified atom stereocenters. The molecule has 8 rings (SSSR count). The summed E-state index contributed by atoms with van der Waals surface area (Å²) in [5.41, 5.74) is 4.95. The van der Waals surface area contributed by atoms with Crippen LogP contribution in [0.2, 0.25) is 0 Å². The fraction of sp³-hybridized carbons (Fsp3) is 0.323. The van der Waals surface area contributed by atoms with E-state index in [1.54, 1.807) is 24.5 Å². The molecular weight excluding hydrogens is 460 g/mol. The Kier molecular flexibility index (Phi) is 5.17. The van der Waals surface area contributed by atoms with Crippen molar-refractivity contribution in [3.63, 3.8) is 0 Å². The second-order valence-corrected chi connectivity index (χ2v) is 11.4. The van der Waals surface area contributed by atoms with Crippen molar-refractivity contribution in [3.8, 4) is 11.3 Å². The molecule has 0 aliphatic heterocycles. The summed E-state index contributed by atoms with van der Waals surface area (Å²) in [5, 5.41) is 7.41. The molecule has 0 spiro atoms. The summed E-state index contributed by atoms with van der Waals surface area (Å²) >= 11 is 0. The minimum Gasteiger partial charge on any atom is -0.355 e. The lowest BCUT2D eigenvalue weighted by Crippen LogP contribution is -2.59. The van der Waals surface area contributed by atoms with Gasteiger partial charge in [-0.1, -0.05) is 12.1 Å². The minimum atomic E-state index is -0.189. The Hall–Kier alpha value is -3.93. The van der Waals surface area contributed by atoms with Crippen LogP contribution in [0.4, 0.5) is 5.69 Å². The third-order valence-corrected chi connectivity index (χ3v) is 8.68. The molecule has 2 amide bonds. The highest BCUT2D eigenvalue weighted by molar-refractivity contribution is 6.04. The van der Waals surface area contributed by atoms with Gasteiger partial charge in [0, 0.05) is 45.8 Å². The number of hydrogen-bond acceptors (Lipinski definition) is 3. The van der Waals surface area contributed by atoms with E-state index in [0.717, 1.165) is 70.4 Å². The lowest BCUT2D eigenvalue weighted by atomic mass is 9.53. The van der Waals surface area contributed by atoms with Gasteiger partial charge in [-0.25, -0.2) is 0 Å². The molecule has 4 bridgehead atoms. The van der Waals surface area contributed by atoms with Crippen LogP contribution in [0.15, 0.2) is 73.1 Å². The smallest absolute Gasteiger partial charge is 0.257 e. The number of fused-ring (bicyclic) bond motifs is 1. The standard InChI is InChI=1S/C31H30N4O2/c36-29(24-2-1-9-32-18-24)33-26-6-3-22(4-7-26)28-14-25-13-23(5-8-27(25)34-28)30(37)35-31-15-19-10-20(16-31)12-21(11-19)17-31/h1-9,13-14,18-21,34H,10-12,15-17H2,(H,33,36)(H,35,37). The van der Waals surface area contributed by atoms with Gasteiger partial charge in [0.2, 0.25) is 0 Å². The number of pyridine rings is 1. The summed E-state index contributed by atoms with van der Waals surface area (Å²) in [7, 11) is 0. The van der Waals surface area contributed by atoms with Crippen LogP contribution in [-0.4, -0.2) is 27.3 Å². The van der Waals surface area contributed by atoms with Gasteiger partial charge in [-0.05, 0) is 110 Å². The number of hydrogen-bond donors (Lipinski definition) is 3. The van der Waals surface area contributed by atoms with Crippen LogP contribution in [0.25, 0.3) is 22.2 Å². The number of anilines is 1. The Bertz CT molecular complexity index is 1450. The number of carbonyl (C=O) groups excluding carboxylic acids is 2. The van der Waals surface area contributed by atoms with E-state index in [4.69, 9.17) is 0 Å². The van der Waals surface area contributed by atoms with Gasteiger partial charge in [0.1, 0.15) is 0 Å². The number of aromatic nitrogens is 2. The van der Waals surface area contributed by atoms with Gasteiger partial charge in [-0.2, -0.15) is 0 Å². The van der Waals surface area contributed by atoms with Crippen molar-refractivity contribution in [1.82, 2.24) is 15.3 Å². The summed E-state index contributed by atoms with van der Waals surface area (Å²) in [5.74, 6) is 2.27. The van der Waals surface area contributed by atoms with Gasteiger partial charge in [0.25, 0.3) is 11.8 Å². The summed E-state index contributed by atoms with van der Waals surface area (Å²) in [4.78, 5) is 33.2. The molecule has 4 fully saturated rings. The van der Waals surface area contributed by atoms with E-state index in [1.807, 2.05) is 42.5 Å². The third kappa shape index (κ3) is 4.20. The first-order valence-corrected chi connectivity index (χ1v) is 13.3. The first-order chi connectivity index (χ1) is 18.0. The summed E-state index contributed by atoms with van der Waals surface area (Å²) in [6.45, 7) is 0. The highest BCUT2D eigenvalue weighted by Gasteiger charge is 2.51. The first-order valence-electron chi connectivity index (χ1n) is 13.3. The van der Waals surface area contributed by atoms with Crippen molar-refractivity contribution in [1.29, 1.82) is 0 Å². The minimum absolute atomic E-state index is 0.0122. The Balaban J connectivity index is 1.07. The van der Waals surface area contributed by atoms with E-state index in [2.05, 4.69) is 26.7 Å². The number of aromatic amines is 1. The van der Waals surface area contributed by atoms with Crippen molar-refractivity contribution >= 4 is 28.4 Å². The van der Waals surface area contributed by atoms with Crippen molar-refractivity contribution in [2.24, 2.45) is 17.8 Å². The maximum Gasteiger partial charge on any atom is 0.257 e. The zero-order valence-corrected chi connectivity index (χ0v) is 20.7. The third-order valence-electron chi connectivity index (χ3n) is 8.68. The Morgan fingerprint density at radius 3 is 2.24 bits per heavy atom. The van der Waals surface area contributed by atoms with Crippen LogP contribution in [0.5, 0.6) is 0 Å². The normalized spacial score (nSPS) is 25.8. The van der Waals surface area contributed by atoms with Crippen LogP contribution >= 0.6 is 0 Å². The predicted molar refractivity (Wildman–Crippen MR) is 144 cm³/mol. The fourth-order valence-electron chi connectivity index (χ4n) is 7.44. The van der Waals surface area contributed by atoms with Gasteiger partial charge in [0.05, 0.1) is 5.56 Å². The zero-order chi connectivity index (χ0) is 25.0. The van der Waals surface area contributed by atoms with Gasteiger partial charge < -0.3 is 15.6 Å². The average Bonchev–Trinajstić information content (AvgIpc) is 3.32. The molecule has 0 atom stereocenters. The molecule has 4 saturated carbocycles. The van der Waals surface area contributed by atoms with E-state index < -0.39 is 0 Å². The summed E-state index contributed by atoms with van der Waals surface area (Å²) in [6, 6.07) is 19.2. The van der Waals surface area contributed by atoms with Gasteiger partial charge in [-0.3, -0.25) is 14.6 Å². The van der Waals surface area contributed by atoms with Crippen molar-refractivity contribution in [2.75, 3.05) is 5.32 Å². The Morgan fingerprint density at radius 1 is 0.838 bits per heavy atom. The van der Waals surface area contributed by atoms with E-state index in [1.165, 1.54) is 19.3 Å². The lowest BCUT2D eigenvalue weighted by Gasteiger charge is -2.56. The average molecular weight is 491 g/mol. The van der Waals surface area contributed by atoms with Gasteiger partial charge >= 0.3 is 0 Å². The van der Waals surface area contributed by atoms with E-state index in [9.17, 15) is 9.59 Å². The fourth-order valence-corrected chi connectivity index (χ4v) is 7.44. The van der Waals surface area contributed by atoms with Crippen LogP contribution in [0.3, 0.4) is 0 Å². The topological polar surface area (TPSA) is 86.9 Å². The first kappa shape index (κ1) is 22.3. The Morgan fingerprint density at radius 2 is 1.57 bits per heavy atom. The predicted octanol–water partition coefficient (Wildman–Crippen LogP) is 6.18. The lowest BCUT2D eigenvalue weighted by molar-refractivity contribution is -0.0167. The molecule has 4 aliphatic carbocycles. The number of benzene rings is 2. The zero-order valence-electron chi connectivity index (χ0n) is 20.7. The van der Waals surface area contributed by atoms with Crippen LogP contribution in [0, 0.1) is 17.8 Å². The van der Waals surface area contributed by atoms with Crippen LogP contribution in [0.1, 0.15) is 59.2 Å². The molecular formula is C31H30N4O2. The van der Waals surface area contributed by atoms with Gasteiger partial charge in [-0.15, -0.1) is 0 Å². The number of amides is 2. The quantitative estimate of drug-likeness (QED) is 0.312. The largest absolute Gasteiger partial charge is 0.355 e. The number of carbonyl (C=O) groups is 2. The summed E-state index contributed by atoms with van der Waals surface area (Å²) in [6.07, 6.45) is 10.7. The maximum atomic E-state index is 13.3. The number of nitrogens with zero attached hydrogens (tertiary/aromatic N) is 1. The molecule has 2 aromatic heterocycles. The maximum absolute atomic E-state index is 13.3. The second kappa shape index (κ2) is 8.58. The molecule has 0 radical (unpaired) electrons. The molecule has 0 saturated heterocycles. The highest BCUT2D eigenvalue weighted by Crippen LogP contribution is 2.55. The molecule has 4 aromatic rings. The van der Waals surface area contributed by atoms with Crippen molar-refractivity contribution in [3.05, 3.63) is 84.2 Å². The van der Waals surface area contributed by atoms with Crippen molar-refractivity contribution in [2.45, 2.75) is 44.1 Å². The molecule has 6 nitrogen and oxygen atoms in total. The number of nitrogens with one attached hydrogen (secondary N) is 3. The monoisotopic (exact) mass is 490 g/mol. The molecule has 2 aromatic carbocycles. The molecule has 4 aliphatic rings. The van der Waals surface area contributed by atoms with E-state index >= 15 is 0 Å². The van der Waals surface area contributed by atoms with E-state index in [-0.39, 0.29) is 17.4 Å². The molecule has 3 N–H and O–H groups in total. The SMILES string of the molecule is O=C(Nc1ccc(-c2cc3cc(C(=O)NC45CC6CC(CC(C6)C4)C5)ccc3[nH]2)cc1)c1cccnc1. The molecule has 2 heterocycles. The number of H-pyrrole nitrogens is 1. The summed E-state index contributed by atoms with van der Waals surface area (Å²) < 4.78 is 0. The Labute approximate surface area is 215 Å². The van der Waals surface area contributed by atoms with E-state index in [0.29, 0.717) is 5.56 Å².